The summed E-state index contributed by atoms with van der Waals surface area (Å²) in [5.74, 6) is -0.252. The van der Waals surface area contributed by atoms with Crippen LogP contribution in [-0.4, -0.2) is 15.9 Å². The highest BCUT2D eigenvalue weighted by Crippen LogP contribution is 2.24. The number of aromatic amines is 2. The zero-order valence-corrected chi connectivity index (χ0v) is 11.1. The van der Waals surface area contributed by atoms with Gasteiger partial charge in [0.15, 0.2) is 0 Å². The molecule has 3 aromatic rings. The van der Waals surface area contributed by atoms with E-state index in [0.29, 0.717) is 5.69 Å². The molecule has 1 heterocycles. The maximum Gasteiger partial charge on any atom is 0.323 e. The molecule has 0 atom stereocenters. The van der Waals surface area contributed by atoms with Gasteiger partial charge in [0.1, 0.15) is 0 Å². The Kier molecular flexibility index (Phi) is 3.16. The van der Waals surface area contributed by atoms with E-state index in [1.807, 2.05) is 42.5 Å². The molecule has 0 aliphatic heterocycles. The molecule has 0 aliphatic rings. The number of fused-ring (bicyclic) bond motifs is 1. The van der Waals surface area contributed by atoms with E-state index < -0.39 is 0 Å². The summed E-state index contributed by atoms with van der Waals surface area (Å²) in [6.45, 7) is 3.42. The van der Waals surface area contributed by atoms with Crippen molar-refractivity contribution in [3.05, 3.63) is 65.6 Å². The van der Waals surface area contributed by atoms with Crippen LogP contribution in [0.15, 0.2) is 59.9 Å². The van der Waals surface area contributed by atoms with Crippen LogP contribution in [-0.2, 0) is 4.79 Å². The maximum atomic E-state index is 11.3. The molecule has 2 aromatic carbocycles. The first-order valence-corrected chi connectivity index (χ1v) is 6.41. The monoisotopic (exact) mass is 279 g/mol. The largest absolute Gasteiger partial charge is 0.323 e. The van der Waals surface area contributed by atoms with Gasteiger partial charge in [0.05, 0.1) is 11.0 Å². The maximum absolute atomic E-state index is 11.3. The number of H-pyrrole nitrogens is 2. The lowest BCUT2D eigenvalue weighted by Crippen LogP contribution is -2.06. The van der Waals surface area contributed by atoms with Crippen LogP contribution in [0.1, 0.15) is 0 Å². The predicted molar refractivity (Wildman–Crippen MR) is 83.2 cm³/mol. The first-order valence-electron chi connectivity index (χ1n) is 6.41. The number of benzene rings is 2. The van der Waals surface area contributed by atoms with E-state index in [2.05, 4.69) is 21.9 Å². The van der Waals surface area contributed by atoms with E-state index in [4.69, 9.17) is 0 Å². The summed E-state index contributed by atoms with van der Waals surface area (Å²) in [6.07, 6.45) is 1.23. The molecule has 0 unspecified atom stereocenters. The Morgan fingerprint density at radius 3 is 2.62 bits per heavy atom. The van der Waals surface area contributed by atoms with Gasteiger partial charge in [0.25, 0.3) is 0 Å². The molecule has 3 N–H and O–H groups in total. The summed E-state index contributed by atoms with van der Waals surface area (Å²) in [4.78, 5) is 28.0. The standard InChI is InChI=1S/C16H13N3O2/c1-2-15(20)17-12-5-3-4-10(8-12)11-6-7-13-14(9-11)19-16(21)18-13/h2-9H,1H2,(H,17,20)(H2,18,19,21). The third-order valence-corrected chi connectivity index (χ3v) is 3.16. The van der Waals surface area contributed by atoms with Crippen molar-refractivity contribution in [2.24, 2.45) is 0 Å². The van der Waals surface area contributed by atoms with Crippen LogP contribution in [0.4, 0.5) is 5.69 Å². The van der Waals surface area contributed by atoms with Gasteiger partial charge in [-0.1, -0.05) is 24.8 Å². The smallest absolute Gasteiger partial charge is 0.323 e. The molecule has 1 aromatic heterocycles. The van der Waals surface area contributed by atoms with E-state index >= 15 is 0 Å². The zero-order chi connectivity index (χ0) is 14.8. The molecule has 0 bridgehead atoms. The number of amides is 1. The molecule has 0 aliphatic carbocycles. The van der Waals surface area contributed by atoms with Gasteiger partial charge in [-0.05, 0) is 41.5 Å². The average molecular weight is 279 g/mol. The molecule has 3 rings (SSSR count). The SMILES string of the molecule is C=CC(=O)Nc1cccc(-c2ccc3[nH]c(=O)[nH]c3c2)c1. The average Bonchev–Trinajstić information content (AvgIpc) is 2.86. The van der Waals surface area contributed by atoms with E-state index in [1.165, 1.54) is 6.08 Å². The minimum Gasteiger partial charge on any atom is -0.323 e. The molecular weight excluding hydrogens is 266 g/mol. The van der Waals surface area contributed by atoms with Crippen molar-refractivity contribution in [3.8, 4) is 11.1 Å². The van der Waals surface area contributed by atoms with Crippen LogP contribution in [0.2, 0.25) is 0 Å². The molecule has 0 spiro atoms. The molecule has 104 valence electrons. The Bertz CT molecular complexity index is 890. The zero-order valence-electron chi connectivity index (χ0n) is 11.1. The third kappa shape index (κ3) is 2.62. The molecule has 0 saturated heterocycles. The lowest BCUT2D eigenvalue weighted by Gasteiger charge is -2.06. The van der Waals surface area contributed by atoms with Gasteiger partial charge in [0.2, 0.25) is 5.91 Å². The second kappa shape index (κ2) is 5.13. The number of carbonyl (C=O) groups is 1. The molecular formula is C16H13N3O2. The summed E-state index contributed by atoms with van der Waals surface area (Å²) >= 11 is 0. The molecule has 5 heteroatoms. The summed E-state index contributed by atoms with van der Waals surface area (Å²) in [5.41, 5.74) is 3.88. The lowest BCUT2D eigenvalue weighted by atomic mass is 10.0. The van der Waals surface area contributed by atoms with Crippen molar-refractivity contribution in [1.82, 2.24) is 9.97 Å². The summed E-state index contributed by atoms with van der Waals surface area (Å²) in [6, 6.07) is 13.1. The van der Waals surface area contributed by atoms with Crippen molar-refractivity contribution >= 4 is 22.6 Å². The summed E-state index contributed by atoms with van der Waals surface area (Å²) < 4.78 is 0. The second-order valence-corrected chi connectivity index (χ2v) is 4.61. The fraction of sp³-hybridized carbons (Fsp3) is 0. The first kappa shape index (κ1) is 12.9. The highest BCUT2D eigenvalue weighted by molar-refractivity contribution is 5.99. The van der Waals surface area contributed by atoms with Gasteiger partial charge >= 0.3 is 5.69 Å². The van der Waals surface area contributed by atoms with Crippen molar-refractivity contribution in [3.63, 3.8) is 0 Å². The van der Waals surface area contributed by atoms with Gasteiger partial charge in [0, 0.05) is 5.69 Å². The molecule has 21 heavy (non-hydrogen) atoms. The van der Waals surface area contributed by atoms with Gasteiger partial charge in [-0.2, -0.15) is 0 Å². The van der Waals surface area contributed by atoms with Crippen molar-refractivity contribution in [2.75, 3.05) is 5.32 Å². The van der Waals surface area contributed by atoms with E-state index in [9.17, 15) is 9.59 Å². The van der Waals surface area contributed by atoms with Gasteiger partial charge < -0.3 is 15.3 Å². The minimum absolute atomic E-state index is 0.228. The topological polar surface area (TPSA) is 77.8 Å². The fourth-order valence-corrected chi connectivity index (χ4v) is 2.18. The van der Waals surface area contributed by atoms with Gasteiger partial charge in [-0.15, -0.1) is 0 Å². The van der Waals surface area contributed by atoms with E-state index in [0.717, 1.165) is 22.2 Å². The normalized spacial score (nSPS) is 10.5. The first-order chi connectivity index (χ1) is 10.2. The number of hydrogen-bond donors (Lipinski definition) is 3. The highest BCUT2D eigenvalue weighted by atomic mass is 16.1. The van der Waals surface area contributed by atoms with Crippen LogP contribution in [0.5, 0.6) is 0 Å². The fourth-order valence-electron chi connectivity index (χ4n) is 2.18. The van der Waals surface area contributed by atoms with E-state index in [1.54, 1.807) is 0 Å². The Morgan fingerprint density at radius 2 is 1.81 bits per heavy atom. The molecule has 1 amide bonds. The number of nitrogens with one attached hydrogen (secondary N) is 3. The van der Waals surface area contributed by atoms with Gasteiger partial charge in [-0.25, -0.2) is 4.79 Å². The quantitative estimate of drug-likeness (QED) is 0.644. The summed E-state index contributed by atoms with van der Waals surface area (Å²) in [7, 11) is 0. The minimum atomic E-state index is -0.252. The Hall–Kier alpha value is -3.08. The van der Waals surface area contributed by atoms with Crippen LogP contribution in [0.3, 0.4) is 0 Å². The number of aromatic nitrogens is 2. The second-order valence-electron chi connectivity index (χ2n) is 4.61. The van der Waals surface area contributed by atoms with Crippen molar-refractivity contribution in [1.29, 1.82) is 0 Å². The number of anilines is 1. The summed E-state index contributed by atoms with van der Waals surface area (Å²) in [5, 5.41) is 2.72. The number of imidazole rings is 1. The lowest BCUT2D eigenvalue weighted by molar-refractivity contribution is -0.111. The predicted octanol–water partition coefficient (Wildman–Crippen LogP) is 2.65. The molecule has 0 fully saturated rings. The van der Waals surface area contributed by atoms with Crippen LogP contribution in [0, 0.1) is 0 Å². The van der Waals surface area contributed by atoms with Crippen LogP contribution in [0.25, 0.3) is 22.2 Å². The van der Waals surface area contributed by atoms with Crippen molar-refractivity contribution in [2.45, 2.75) is 0 Å². The highest BCUT2D eigenvalue weighted by Gasteiger charge is 2.04. The number of rotatable bonds is 3. The third-order valence-electron chi connectivity index (χ3n) is 3.16. The van der Waals surface area contributed by atoms with E-state index in [-0.39, 0.29) is 11.6 Å². The Labute approximate surface area is 120 Å². The van der Waals surface area contributed by atoms with Crippen molar-refractivity contribution < 1.29 is 4.79 Å². The van der Waals surface area contributed by atoms with Crippen LogP contribution >= 0.6 is 0 Å². The number of carbonyl (C=O) groups excluding carboxylic acids is 1. The van der Waals surface area contributed by atoms with Gasteiger partial charge in [-0.3, -0.25) is 4.79 Å². The Morgan fingerprint density at radius 1 is 1.05 bits per heavy atom. The van der Waals surface area contributed by atoms with Crippen LogP contribution < -0.4 is 11.0 Å². The number of hydrogen-bond acceptors (Lipinski definition) is 2. The molecule has 0 radical (unpaired) electrons. The molecule has 5 nitrogen and oxygen atoms in total. The Balaban J connectivity index is 2.01. The molecule has 0 saturated carbocycles.